The first kappa shape index (κ1) is 13.7. The molecule has 2 nitrogen and oxygen atoms in total. The Labute approximate surface area is 122 Å². The third-order valence-electron chi connectivity index (χ3n) is 5.42. The van der Waals surface area contributed by atoms with Crippen LogP contribution < -0.4 is 5.32 Å². The van der Waals surface area contributed by atoms with Crippen LogP contribution in [0.25, 0.3) is 0 Å². The van der Waals surface area contributed by atoms with Crippen molar-refractivity contribution in [3.05, 3.63) is 34.9 Å². The number of hydrogen-bond donors (Lipinski definition) is 1. The average molecular weight is 271 g/mol. The predicted octanol–water partition coefficient (Wildman–Crippen LogP) is 3.86. The maximum atomic E-state index is 12.4. The van der Waals surface area contributed by atoms with Gasteiger partial charge in [-0.3, -0.25) is 4.79 Å². The lowest BCUT2D eigenvalue weighted by atomic mass is 9.84. The summed E-state index contributed by atoms with van der Waals surface area (Å²) in [5.74, 6) is 2.58. The van der Waals surface area contributed by atoms with E-state index >= 15 is 0 Å². The van der Waals surface area contributed by atoms with Gasteiger partial charge < -0.3 is 5.32 Å². The standard InChI is InChI=1S/C18H25NO/c1-11-4-7-16(12(2)8-11)18(20)19-13(3)17-10-14-5-6-15(17)9-14/h4,7-8,13-15,17H,5-6,9-10H2,1-3H3,(H,19,20)/t13-,14+,15+,17-/m1/s1. The summed E-state index contributed by atoms with van der Waals surface area (Å²) in [6.07, 6.45) is 5.51. The van der Waals surface area contributed by atoms with Gasteiger partial charge in [0.2, 0.25) is 0 Å². The second-order valence-electron chi connectivity index (χ2n) is 6.92. The summed E-state index contributed by atoms with van der Waals surface area (Å²) in [6.45, 7) is 6.27. The molecule has 0 saturated heterocycles. The number of hydrogen-bond acceptors (Lipinski definition) is 1. The molecule has 4 atom stereocenters. The molecule has 2 fully saturated rings. The first-order chi connectivity index (χ1) is 9.54. The van der Waals surface area contributed by atoms with Crippen LogP contribution in [0.5, 0.6) is 0 Å². The van der Waals surface area contributed by atoms with Crippen molar-refractivity contribution in [2.45, 2.75) is 52.5 Å². The van der Waals surface area contributed by atoms with Crippen molar-refractivity contribution in [3.8, 4) is 0 Å². The Morgan fingerprint density at radius 2 is 2.05 bits per heavy atom. The van der Waals surface area contributed by atoms with Gasteiger partial charge in [0.1, 0.15) is 0 Å². The van der Waals surface area contributed by atoms with Gasteiger partial charge in [0.15, 0.2) is 0 Å². The van der Waals surface area contributed by atoms with E-state index in [1.807, 2.05) is 19.1 Å². The summed E-state index contributed by atoms with van der Waals surface area (Å²) >= 11 is 0. The Balaban J connectivity index is 1.66. The highest BCUT2D eigenvalue weighted by Crippen LogP contribution is 2.49. The Kier molecular flexibility index (Phi) is 3.57. The van der Waals surface area contributed by atoms with E-state index in [-0.39, 0.29) is 5.91 Å². The number of nitrogens with one attached hydrogen (secondary N) is 1. The van der Waals surface area contributed by atoms with Crippen molar-refractivity contribution in [3.63, 3.8) is 0 Å². The minimum atomic E-state index is 0.0952. The second kappa shape index (κ2) is 5.23. The van der Waals surface area contributed by atoms with Crippen molar-refractivity contribution in [2.24, 2.45) is 17.8 Å². The van der Waals surface area contributed by atoms with Crippen LogP contribution in [0.15, 0.2) is 18.2 Å². The first-order valence-electron chi connectivity index (χ1n) is 7.92. The predicted molar refractivity (Wildman–Crippen MR) is 81.8 cm³/mol. The molecule has 2 aliphatic rings. The van der Waals surface area contributed by atoms with E-state index in [1.165, 1.54) is 31.2 Å². The minimum absolute atomic E-state index is 0.0952. The van der Waals surface area contributed by atoms with E-state index in [0.717, 1.165) is 23.0 Å². The Morgan fingerprint density at radius 3 is 2.65 bits per heavy atom. The van der Waals surface area contributed by atoms with Crippen molar-refractivity contribution in [2.75, 3.05) is 0 Å². The molecule has 0 spiro atoms. The molecule has 1 amide bonds. The van der Waals surface area contributed by atoms with Gasteiger partial charge in [-0.1, -0.05) is 24.1 Å². The molecule has 0 aromatic heterocycles. The normalized spacial score (nSPS) is 29.4. The fourth-order valence-corrected chi connectivity index (χ4v) is 4.37. The molecule has 2 heteroatoms. The Morgan fingerprint density at radius 1 is 1.25 bits per heavy atom. The van der Waals surface area contributed by atoms with Crippen molar-refractivity contribution in [1.29, 1.82) is 0 Å². The van der Waals surface area contributed by atoms with Crippen molar-refractivity contribution >= 4 is 5.91 Å². The number of rotatable bonds is 3. The van der Waals surface area contributed by atoms with Gasteiger partial charge in [-0.25, -0.2) is 0 Å². The van der Waals surface area contributed by atoms with E-state index in [1.54, 1.807) is 0 Å². The molecule has 2 aliphatic carbocycles. The zero-order valence-electron chi connectivity index (χ0n) is 12.8. The number of carbonyl (C=O) groups excluding carboxylic acids is 1. The molecule has 2 bridgehead atoms. The highest BCUT2D eigenvalue weighted by molar-refractivity contribution is 5.95. The van der Waals surface area contributed by atoms with Gasteiger partial charge in [-0.15, -0.1) is 0 Å². The van der Waals surface area contributed by atoms with E-state index in [4.69, 9.17) is 0 Å². The molecule has 3 rings (SSSR count). The molecule has 0 aliphatic heterocycles. The van der Waals surface area contributed by atoms with E-state index in [0.29, 0.717) is 12.0 Å². The third-order valence-corrected chi connectivity index (χ3v) is 5.42. The van der Waals surface area contributed by atoms with Gasteiger partial charge in [0, 0.05) is 11.6 Å². The number of fused-ring (bicyclic) bond motifs is 2. The maximum absolute atomic E-state index is 12.4. The summed E-state index contributed by atoms with van der Waals surface area (Å²) < 4.78 is 0. The van der Waals surface area contributed by atoms with Crippen molar-refractivity contribution in [1.82, 2.24) is 5.32 Å². The summed E-state index contributed by atoms with van der Waals surface area (Å²) in [7, 11) is 0. The first-order valence-corrected chi connectivity index (χ1v) is 7.92. The maximum Gasteiger partial charge on any atom is 0.251 e. The van der Waals surface area contributed by atoms with Crippen LogP contribution in [0.3, 0.4) is 0 Å². The smallest absolute Gasteiger partial charge is 0.251 e. The van der Waals surface area contributed by atoms with Gasteiger partial charge in [-0.05, 0) is 69.4 Å². The lowest BCUT2D eigenvalue weighted by Gasteiger charge is -2.28. The molecule has 1 N–H and O–H groups in total. The average Bonchev–Trinajstić information content (AvgIpc) is 3.00. The van der Waals surface area contributed by atoms with Crippen LogP contribution >= 0.6 is 0 Å². The molecule has 108 valence electrons. The van der Waals surface area contributed by atoms with Crippen LogP contribution in [0.2, 0.25) is 0 Å². The molecule has 0 heterocycles. The van der Waals surface area contributed by atoms with Gasteiger partial charge in [0.05, 0.1) is 0 Å². The summed E-state index contributed by atoms with van der Waals surface area (Å²) in [6, 6.07) is 6.35. The molecular weight excluding hydrogens is 246 g/mol. The topological polar surface area (TPSA) is 29.1 Å². The molecular formula is C18H25NO. The van der Waals surface area contributed by atoms with Crippen LogP contribution in [0, 0.1) is 31.6 Å². The van der Waals surface area contributed by atoms with Gasteiger partial charge >= 0.3 is 0 Å². The highest BCUT2D eigenvalue weighted by atomic mass is 16.1. The van der Waals surface area contributed by atoms with Crippen LogP contribution in [-0.2, 0) is 0 Å². The third kappa shape index (κ3) is 2.48. The number of aryl methyl sites for hydroxylation is 2. The van der Waals surface area contributed by atoms with Crippen LogP contribution in [-0.4, -0.2) is 11.9 Å². The van der Waals surface area contributed by atoms with E-state index in [2.05, 4.69) is 25.2 Å². The van der Waals surface area contributed by atoms with E-state index in [9.17, 15) is 4.79 Å². The lowest BCUT2D eigenvalue weighted by molar-refractivity contribution is 0.0914. The number of benzene rings is 1. The number of amides is 1. The van der Waals surface area contributed by atoms with Gasteiger partial charge in [0.25, 0.3) is 5.91 Å². The summed E-state index contributed by atoms with van der Waals surface area (Å²) in [4.78, 5) is 12.4. The summed E-state index contributed by atoms with van der Waals surface area (Å²) in [5.41, 5.74) is 3.11. The Hall–Kier alpha value is -1.31. The quantitative estimate of drug-likeness (QED) is 0.888. The molecule has 1 aromatic carbocycles. The van der Waals surface area contributed by atoms with E-state index < -0.39 is 0 Å². The molecule has 1 aromatic rings. The summed E-state index contributed by atoms with van der Waals surface area (Å²) in [5, 5.41) is 3.24. The number of carbonyl (C=O) groups is 1. The molecule has 2 saturated carbocycles. The molecule has 0 radical (unpaired) electrons. The largest absolute Gasteiger partial charge is 0.349 e. The SMILES string of the molecule is Cc1ccc(C(=O)N[C@H](C)[C@H]2C[C@H]3CC[C@H]2C3)c(C)c1. The zero-order chi connectivity index (χ0) is 14.3. The monoisotopic (exact) mass is 271 g/mol. The second-order valence-corrected chi connectivity index (χ2v) is 6.92. The zero-order valence-corrected chi connectivity index (χ0v) is 12.8. The molecule has 20 heavy (non-hydrogen) atoms. The van der Waals surface area contributed by atoms with Crippen molar-refractivity contribution < 1.29 is 4.79 Å². The Bertz CT molecular complexity index is 522. The van der Waals surface area contributed by atoms with Crippen LogP contribution in [0.4, 0.5) is 0 Å². The fourth-order valence-electron chi connectivity index (χ4n) is 4.37. The lowest BCUT2D eigenvalue weighted by Crippen LogP contribution is -2.40. The van der Waals surface area contributed by atoms with Gasteiger partial charge in [-0.2, -0.15) is 0 Å². The fraction of sp³-hybridized carbons (Fsp3) is 0.611. The minimum Gasteiger partial charge on any atom is -0.349 e. The highest BCUT2D eigenvalue weighted by Gasteiger charge is 2.42. The molecule has 0 unspecified atom stereocenters. The van der Waals surface area contributed by atoms with Crippen LogP contribution in [0.1, 0.15) is 54.1 Å².